The summed E-state index contributed by atoms with van der Waals surface area (Å²) in [4.78, 5) is 8.48. The number of nitrogens with zero attached hydrogens (tertiary/aromatic N) is 3. The van der Waals surface area contributed by atoms with Gasteiger partial charge in [-0.3, -0.25) is 0 Å². The van der Waals surface area contributed by atoms with Crippen LogP contribution in [0.5, 0.6) is 0 Å². The molecule has 0 unspecified atom stereocenters. The average molecular weight is 222 g/mol. The lowest BCUT2D eigenvalue weighted by molar-refractivity contribution is 0.345. The minimum atomic E-state index is 0.227. The third-order valence-electron chi connectivity index (χ3n) is 2.46. The Morgan fingerprint density at radius 1 is 1.53 bits per heavy atom. The van der Waals surface area contributed by atoms with Gasteiger partial charge in [0, 0.05) is 5.38 Å². The second kappa shape index (κ2) is 3.71. The van der Waals surface area contributed by atoms with Crippen molar-refractivity contribution in [2.24, 2.45) is 0 Å². The summed E-state index contributed by atoms with van der Waals surface area (Å²) in [7, 11) is 0. The van der Waals surface area contributed by atoms with Gasteiger partial charge in [0.1, 0.15) is 5.69 Å². The molecule has 3 rings (SSSR count). The molecule has 5 nitrogen and oxygen atoms in total. The van der Waals surface area contributed by atoms with Crippen molar-refractivity contribution in [3.05, 3.63) is 16.8 Å². The molecule has 0 spiro atoms. The van der Waals surface area contributed by atoms with E-state index in [1.54, 1.807) is 5.51 Å². The van der Waals surface area contributed by atoms with E-state index in [1.165, 1.54) is 17.8 Å². The van der Waals surface area contributed by atoms with Crippen LogP contribution in [0.2, 0.25) is 0 Å². The first-order valence-corrected chi connectivity index (χ1v) is 5.83. The molecular weight excluding hydrogens is 212 g/mol. The molecule has 1 N–H and O–H groups in total. The number of nitrogens with one attached hydrogen (secondary N) is 1. The molecule has 1 saturated heterocycles. The highest BCUT2D eigenvalue weighted by atomic mass is 32.1. The molecule has 1 atom stereocenters. The summed E-state index contributed by atoms with van der Waals surface area (Å²) in [6, 6.07) is 0.227. The zero-order chi connectivity index (χ0) is 10.1. The minimum Gasteiger partial charge on any atom is -0.337 e. The van der Waals surface area contributed by atoms with Crippen LogP contribution in [0.1, 0.15) is 24.8 Å². The Kier molecular flexibility index (Phi) is 2.22. The van der Waals surface area contributed by atoms with Gasteiger partial charge in [0.25, 0.3) is 0 Å². The lowest BCUT2D eigenvalue weighted by atomic mass is 10.2. The van der Waals surface area contributed by atoms with E-state index in [-0.39, 0.29) is 6.04 Å². The summed E-state index contributed by atoms with van der Waals surface area (Å²) < 4.78 is 5.21. The molecule has 0 amide bonds. The quantitative estimate of drug-likeness (QED) is 0.836. The highest BCUT2D eigenvalue weighted by Gasteiger charge is 2.22. The predicted molar refractivity (Wildman–Crippen MR) is 55.4 cm³/mol. The number of rotatable bonds is 2. The van der Waals surface area contributed by atoms with Crippen molar-refractivity contribution in [3.8, 4) is 11.5 Å². The van der Waals surface area contributed by atoms with Crippen molar-refractivity contribution < 1.29 is 4.52 Å². The number of hydrogen-bond donors (Lipinski definition) is 1. The molecule has 15 heavy (non-hydrogen) atoms. The van der Waals surface area contributed by atoms with E-state index in [1.807, 2.05) is 5.38 Å². The number of aromatic nitrogens is 3. The van der Waals surface area contributed by atoms with Gasteiger partial charge in [0.05, 0.1) is 11.6 Å². The van der Waals surface area contributed by atoms with E-state index in [2.05, 4.69) is 20.4 Å². The fourth-order valence-electron chi connectivity index (χ4n) is 1.70. The molecule has 3 heterocycles. The van der Waals surface area contributed by atoms with Crippen molar-refractivity contribution in [1.29, 1.82) is 0 Å². The van der Waals surface area contributed by atoms with E-state index >= 15 is 0 Å². The SMILES string of the molecule is c1nc(-c2noc([C@@H]3CCCN3)n2)cs1. The van der Waals surface area contributed by atoms with Gasteiger partial charge in [0.2, 0.25) is 11.7 Å². The maximum absolute atomic E-state index is 5.21. The van der Waals surface area contributed by atoms with E-state index in [0.717, 1.165) is 18.7 Å². The van der Waals surface area contributed by atoms with Crippen molar-refractivity contribution in [1.82, 2.24) is 20.4 Å². The van der Waals surface area contributed by atoms with Gasteiger partial charge in [0.15, 0.2) is 0 Å². The predicted octanol–water partition coefficient (Wildman–Crippen LogP) is 1.62. The van der Waals surface area contributed by atoms with Crippen LogP contribution in [0.15, 0.2) is 15.4 Å². The molecular formula is C9H10N4OS. The van der Waals surface area contributed by atoms with E-state index in [4.69, 9.17) is 4.52 Å². The van der Waals surface area contributed by atoms with Crippen molar-refractivity contribution >= 4 is 11.3 Å². The largest absolute Gasteiger partial charge is 0.337 e. The second-order valence-electron chi connectivity index (χ2n) is 3.48. The van der Waals surface area contributed by atoms with Gasteiger partial charge in [-0.25, -0.2) is 4.98 Å². The van der Waals surface area contributed by atoms with Crippen molar-refractivity contribution in [3.63, 3.8) is 0 Å². The summed E-state index contributed by atoms with van der Waals surface area (Å²) >= 11 is 1.53. The Balaban J connectivity index is 1.87. The molecule has 0 aliphatic carbocycles. The Labute approximate surface area is 90.5 Å². The van der Waals surface area contributed by atoms with Crippen molar-refractivity contribution in [2.75, 3.05) is 6.54 Å². The van der Waals surface area contributed by atoms with Gasteiger partial charge >= 0.3 is 0 Å². The molecule has 0 saturated carbocycles. The van der Waals surface area contributed by atoms with E-state index in [9.17, 15) is 0 Å². The Morgan fingerprint density at radius 2 is 2.53 bits per heavy atom. The standard InChI is InChI=1S/C9H10N4OS/c1-2-6(10-3-1)9-12-8(13-14-9)7-4-15-5-11-7/h4-6,10H,1-3H2/t6-/m0/s1. The fraction of sp³-hybridized carbons (Fsp3) is 0.444. The normalized spacial score (nSPS) is 20.9. The van der Waals surface area contributed by atoms with Crippen LogP contribution in [-0.4, -0.2) is 21.7 Å². The topological polar surface area (TPSA) is 63.8 Å². The average Bonchev–Trinajstić information content (AvgIpc) is 3.02. The zero-order valence-corrected chi connectivity index (χ0v) is 8.83. The Bertz CT molecular complexity index is 433. The van der Waals surface area contributed by atoms with Gasteiger partial charge in [-0.1, -0.05) is 5.16 Å². The van der Waals surface area contributed by atoms with Crippen LogP contribution >= 0.6 is 11.3 Å². The maximum Gasteiger partial charge on any atom is 0.244 e. The van der Waals surface area contributed by atoms with Gasteiger partial charge in [-0.05, 0) is 19.4 Å². The third kappa shape index (κ3) is 1.66. The third-order valence-corrected chi connectivity index (χ3v) is 3.05. The Morgan fingerprint density at radius 3 is 3.27 bits per heavy atom. The molecule has 0 aromatic carbocycles. The monoisotopic (exact) mass is 222 g/mol. The van der Waals surface area contributed by atoms with Crippen LogP contribution in [-0.2, 0) is 0 Å². The van der Waals surface area contributed by atoms with Crippen LogP contribution < -0.4 is 5.32 Å². The van der Waals surface area contributed by atoms with Crippen LogP contribution in [0.25, 0.3) is 11.5 Å². The molecule has 2 aromatic rings. The molecule has 1 fully saturated rings. The first-order chi connectivity index (χ1) is 7.43. The molecule has 1 aliphatic rings. The zero-order valence-electron chi connectivity index (χ0n) is 8.01. The summed E-state index contributed by atoms with van der Waals surface area (Å²) in [5, 5.41) is 9.15. The number of hydrogen-bond acceptors (Lipinski definition) is 6. The number of thiazole rings is 1. The molecule has 2 aromatic heterocycles. The maximum atomic E-state index is 5.21. The van der Waals surface area contributed by atoms with Crippen LogP contribution in [0, 0.1) is 0 Å². The summed E-state index contributed by atoms with van der Waals surface area (Å²) in [6.07, 6.45) is 2.23. The molecule has 78 valence electrons. The second-order valence-corrected chi connectivity index (χ2v) is 4.20. The summed E-state index contributed by atoms with van der Waals surface area (Å²) in [5.41, 5.74) is 2.55. The molecule has 1 aliphatic heterocycles. The minimum absolute atomic E-state index is 0.227. The molecule has 6 heteroatoms. The van der Waals surface area contributed by atoms with Gasteiger partial charge < -0.3 is 9.84 Å². The highest BCUT2D eigenvalue weighted by Crippen LogP contribution is 2.23. The summed E-state index contributed by atoms with van der Waals surface area (Å²) in [6.45, 7) is 1.03. The van der Waals surface area contributed by atoms with Gasteiger partial charge in [-0.15, -0.1) is 11.3 Å². The molecule has 0 bridgehead atoms. The first kappa shape index (κ1) is 8.99. The van der Waals surface area contributed by atoms with Crippen LogP contribution in [0.4, 0.5) is 0 Å². The molecule has 0 radical (unpaired) electrons. The van der Waals surface area contributed by atoms with Crippen LogP contribution in [0.3, 0.4) is 0 Å². The van der Waals surface area contributed by atoms with E-state index in [0.29, 0.717) is 11.7 Å². The van der Waals surface area contributed by atoms with Gasteiger partial charge in [-0.2, -0.15) is 4.98 Å². The first-order valence-electron chi connectivity index (χ1n) is 4.89. The smallest absolute Gasteiger partial charge is 0.244 e. The lowest BCUT2D eigenvalue weighted by Crippen LogP contribution is -2.12. The van der Waals surface area contributed by atoms with E-state index < -0.39 is 0 Å². The fourth-order valence-corrected chi connectivity index (χ4v) is 2.23. The lowest BCUT2D eigenvalue weighted by Gasteiger charge is -2.00. The highest BCUT2D eigenvalue weighted by molar-refractivity contribution is 7.07. The summed E-state index contributed by atoms with van der Waals surface area (Å²) in [5.74, 6) is 1.26. The Hall–Kier alpha value is -1.27. The van der Waals surface area contributed by atoms with Crippen molar-refractivity contribution in [2.45, 2.75) is 18.9 Å².